The molecule has 0 amide bonds. The highest BCUT2D eigenvalue weighted by Crippen LogP contribution is 2.29. The first-order valence-electron chi connectivity index (χ1n) is 16.5. The second-order valence-electron chi connectivity index (χ2n) is 13.8. The van der Waals surface area contributed by atoms with Crippen molar-refractivity contribution in [1.82, 2.24) is 0 Å². The Hall–Kier alpha value is -3.46. The molecule has 4 aromatic rings. The van der Waals surface area contributed by atoms with Crippen LogP contribution in [-0.2, 0) is 30.5 Å². The standard InChI is InChI=1S/C40H52O6Si/c1-33-15-13-17-35(27-33)29-39(3,4)31-45-47(43-25-23-41-37-19-9-7-10-20-37,44-26-24-42-38-21-11-8-12-22-38)46-32-40(5,6)30-36-18-14-16-34(2)28-36/h7-22,27-28H,23-26,29-32H2,1-6H3. The van der Waals surface area contributed by atoms with E-state index >= 15 is 0 Å². The number of hydrogen-bond acceptors (Lipinski definition) is 6. The number of benzene rings is 4. The van der Waals surface area contributed by atoms with E-state index in [0.717, 1.165) is 24.3 Å². The van der Waals surface area contributed by atoms with Crippen molar-refractivity contribution in [2.24, 2.45) is 10.8 Å². The third-order valence-corrected chi connectivity index (χ3v) is 9.67. The molecular weight excluding hydrogens is 605 g/mol. The molecular formula is C40H52O6Si. The molecule has 0 bridgehead atoms. The zero-order valence-corrected chi connectivity index (χ0v) is 30.0. The predicted molar refractivity (Wildman–Crippen MR) is 191 cm³/mol. The van der Waals surface area contributed by atoms with Gasteiger partial charge in [0.2, 0.25) is 0 Å². The second-order valence-corrected chi connectivity index (χ2v) is 15.9. The van der Waals surface area contributed by atoms with Gasteiger partial charge in [-0.05, 0) is 72.9 Å². The molecule has 0 aliphatic heterocycles. The summed E-state index contributed by atoms with van der Waals surface area (Å²) in [4.78, 5) is 0. The Labute approximate surface area is 283 Å². The van der Waals surface area contributed by atoms with Gasteiger partial charge in [-0.15, -0.1) is 0 Å². The summed E-state index contributed by atoms with van der Waals surface area (Å²) < 4.78 is 38.4. The number of hydrogen-bond donors (Lipinski definition) is 0. The minimum Gasteiger partial charge on any atom is -0.491 e. The molecule has 0 saturated heterocycles. The number of para-hydroxylation sites is 2. The van der Waals surface area contributed by atoms with Gasteiger partial charge in [0.05, 0.1) is 13.2 Å². The molecule has 0 aromatic heterocycles. The van der Waals surface area contributed by atoms with Crippen LogP contribution < -0.4 is 9.47 Å². The van der Waals surface area contributed by atoms with E-state index in [4.69, 9.17) is 27.2 Å². The Balaban J connectivity index is 1.51. The summed E-state index contributed by atoms with van der Waals surface area (Å²) in [6.07, 6.45) is 1.68. The molecule has 0 spiro atoms. The molecule has 4 rings (SSSR count). The highest BCUT2D eigenvalue weighted by molar-refractivity contribution is 6.53. The summed E-state index contributed by atoms with van der Waals surface area (Å²) >= 11 is 0. The quantitative estimate of drug-likeness (QED) is 0.0700. The summed E-state index contributed by atoms with van der Waals surface area (Å²) in [6.45, 7) is 15.0. The fourth-order valence-corrected chi connectivity index (χ4v) is 7.66. The SMILES string of the molecule is Cc1cccc(CC(C)(C)CO[Si](OCCOc2ccccc2)(OCCOc2ccccc2)OCC(C)(C)Cc2cccc(C)c2)c1. The van der Waals surface area contributed by atoms with Gasteiger partial charge in [-0.3, -0.25) is 0 Å². The van der Waals surface area contributed by atoms with Crippen LogP contribution in [0.15, 0.2) is 109 Å². The first kappa shape index (κ1) is 36.4. The lowest BCUT2D eigenvalue weighted by atomic mass is 9.86. The molecule has 7 heteroatoms. The van der Waals surface area contributed by atoms with Crippen LogP contribution in [0.2, 0.25) is 0 Å². The first-order chi connectivity index (χ1) is 22.5. The van der Waals surface area contributed by atoms with Crippen molar-refractivity contribution in [3.05, 3.63) is 131 Å². The first-order valence-corrected chi connectivity index (χ1v) is 18.2. The van der Waals surface area contributed by atoms with Crippen molar-refractivity contribution in [2.75, 3.05) is 39.6 Å². The number of aryl methyl sites for hydroxylation is 2. The van der Waals surface area contributed by atoms with Crippen molar-refractivity contribution in [3.63, 3.8) is 0 Å². The van der Waals surface area contributed by atoms with Crippen LogP contribution in [0, 0.1) is 24.7 Å². The zero-order chi connectivity index (χ0) is 33.6. The van der Waals surface area contributed by atoms with Crippen molar-refractivity contribution in [1.29, 1.82) is 0 Å². The molecule has 0 atom stereocenters. The third kappa shape index (κ3) is 13.3. The van der Waals surface area contributed by atoms with Gasteiger partial charge in [0.1, 0.15) is 24.7 Å². The molecule has 6 nitrogen and oxygen atoms in total. The van der Waals surface area contributed by atoms with Crippen LogP contribution >= 0.6 is 0 Å². The average molecular weight is 657 g/mol. The molecule has 0 aliphatic rings. The molecule has 0 saturated carbocycles. The highest BCUT2D eigenvalue weighted by Gasteiger charge is 2.48. The zero-order valence-electron chi connectivity index (χ0n) is 29.0. The molecule has 47 heavy (non-hydrogen) atoms. The minimum atomic E-state index is -3.71. The highest BCUT2D eigenvalue weighted by atomic mass is 28.4. The van der Waals surface area contributed by atoms with Gasteiger partial charge >= 0.3 is 9.05 Å². The Kier molecular flexibility index (Phi) is 13.6. The fraction of sp³-hybridized carbons (Fsp3) is 0.400. The van der Waals surface area contributed by atoms with Gasteiger partial charge < -0.3 is 27.2 Å². The molecule has 4 aromatic carbocycles. The van der Waals surface area contributed by atoms with Crippen molar-refractivity contribution in [2.45, 2.75) is 54.4 Å². The second kappa shape index (κ2) is 17.6. The van der Waals surface area contributed by atoms with E-state index in [0.29, 0.717) is 26.4 Å². The van der Waals surface area contributed by atoms with E-state index in [9.17, 15) is 0 Å². The van der Waals surface area contributed by atoms with Gasteiger partial charge in [-0.2, -0.15) is 0 Å². The van der Waals surface area contributed by atoms with Crippen molar-refractivity contribution in [3.8, 4) is 11.5 Å². The Bertz CT molecular complexity index is 1360. The van der Waals surface area contributed by atoms with Crippen LogP contribution in [0.25, 0.3) is 0 Å². The number of ether oxygens (including phenoxy) is 2. The van der Waals surface area contributed by atoms with Crippen LogP contribution in [0.5, 0.6) is 11.5 Å². The smallest absolute Gasteiger partial charge is 0.491 e. The normalized spacial score (nSPS) is 12.2. The summed E-state index contributed by atoms with van der Waals surface area (Å²) in [7, 11) is -3.71. The van der Waals surface area contributed by atoms with Gasteiger partial charge in [-0.25, -0.2) is 0 Å². The van der Waals surface area contributed by atoms with E-state index in [1.165, 1.54) is 22.3 Å². The van der Waals surface area contributed by atoms with Crippen LogP contribution in [0.1, 0.15) is 49.9 Å². The predicted octanol–water partition coefficient (Wildman–Crippen LogP) is 8.80. The molecule has 0 fully saturated rings. The largest absolute Gasteiger partial charge is 0.680 e. The summed E-state index contributed by atoms with van der Waals surface area (Å²) in [5, 5.41) is 0. The van der Waals surface area contributed by atoms with E-state index in [1.807, 2.05) is 60.7 Å². The molecule has 0 N–H and O–H groups in total. The van der Waals surface area contributed by atoms with Crippen LogP contribution in [0.3, 0.4) is 0 Å². The Morgan fingerprint density at radius 2 is 0.872 bits per heavy atom. The van der Waals surface area contributed by atoms with Gasteiger partial charge in [0.15, 0.2) is 0 Å². The average Bonchev–Trinajstić information content (AvgIpc) is 3.04. The van der Waals surface area contributed by atoms with E-state index in [-0.39, 0.29) is 24.0 Å². The molecule has 0 aliphatic carbocycles. The summed E-state index contributed by atoms with van der Waals surface area (Å²) in [5.41, 5.74) is 4.60. The van der Waals surface area contributed by atoms with E-state index < -0.39 is 9.05 Å². The molecule has 252 valence electrons. The monoisotopic (exact) mass is 656 g/mol. The lowest BCUT2D eigenvalue weighted by Gasteiger charge is -2.35. The maximum Gasteiger partial charge on any atom is 0.680 e. The topological polar surface area (TPSA) is 55.4 Å². The maximum atomic E-state index is 6.73. The summed E-state index contributed by atoms with van der Waals surface area (Å²) in [6, 6.07) is 36.7. The molecule has 0 unspecified atom stereocenters. The van der Waals surface area contributed by atoms with E-state index in [1.54, 1.807) is 0 Å². The number of rotatable bonds is 20. The molecule has 0 radical (unpaired) electrons. The third-order valence-electron chi connectivity index (χ3n) is 7.56. The summed E-state index contributed by atoms with van der Waals surface area (Å²) in [5.74, 6) is 1.56. The Morgan fingerprint density at radius 1 is 0.468 bits per heavy atom. The van der Waals surface area contributed by atoms with Crippen LogP contribution in [0.4, 0.5) is 0 Å². The fourth-order valence-electron chi connectivity index (χ4n) is 5.35. The van der Waals surface area contributed by atoms with Gasteiger partial charge in [0.25, 0.3) is 0 Å². The van der Waals surface area contributed by atoms with Crippen molar-refractivity contribution < 1.29 is 27.2 Å². The lowest BCUT2D eigenvalue weighted by Crippen LogP contribution is -2.53. The molecule has 0 heterocycles. The lowest BCUT2D eigenvalue weighted by molar-refractivity contribution is -0.0677. The van der Waals surface area contributed by atoms with E-state index in [2.05, 4.69) is 90.1 Å². The Morgan fingerprint density at radius 3 is 1.26 bits per heavy atom. The van der Waals surface area contributed by atoms with Crippen molar-refractivity contribution >= 4 is 9.05 Å². The van der Waals surface area contributed by atoms with Crippen LogP contribution in [-0.4, -0.2) is 48.7 Å². The minimum absolute atomic E-state index is 0.208. The van der Waals surface area contributed by atoms with Gasteiger partial charge in [-0.1, -0.05) is 124 Å². The van der Waals surface area contributed by atoms with Gasteiger partial charge in [0, 0.05) is 13.2 Å². The maximum absolute atomic E-state index is 6.73.